The number of ketones is 1. The minimum atomic E-state index is -0.0347. The molecule has 0 spiro atoms. The van der Waals surface area contributed by atoms with Crippen molar-refractivity contribution < 1.29 is 4.79 Å². The smallest absolute Gasteiger partial charge is 0.139 e. The Morgan fingerprint density at radius 1 is 1.54 bits per heavy atom. The van der Waals surface area contributed by atoms with Crippen LogP contribution < -0.4 is 0 Å². The van der Waals surface area contributed by atoms with Gasteiger partial charge in [0.1, 0.15) is 5.78 Å². The Balaban J connectivity index is 2.35. The first-order valence-corrected chi connectivity index (χ1v) is 5.35. The van der Waals surface area contributed by atoms with E-state index in [1.807, 2.05) is 0 Å². The van der Waals surface area contributed by atoms with Crippen LogP contribution in [0.2, 0.25) is 0 Å². The monoisotopic (exact) mass is 178 g/mol. The molecule has 2 aliphatic rings. The first-order valence-electron chi connectivity index (χ1n) is 5.35. The summed E-state index contributed by atoms with van der Waals surface area (Å²) in [7, 11) is 0. The van der Waals surface area contributed by atoms with Crippen LogP contribution in [0.25, 0.3) is 0 Å². The molecule has 13 heavy (non-hydrogen) atoms. The summed E-state index contributed by atoms with van der Waals surface area (Å²) in [5.74, 6) is 1.56. The van der Waals surface area contributed by atoms with E-state index in [-0.39, 0.29) is 5.41 Å². The van der Waals surface area contributed by atoms with Gasteiger partial charge >= 0.3 is 0 Å². The maximum Gasteiger partial charge on any atom is 0.139 e. The normalized spacial score (nSPS) is 44.6. The van der Waals surface area contributed by atoms with Crippen LogP contribution in [0.15, 0.2) is 12.2 Å². The van der Waals surface area contributed by atoms with Gasteiger partial charge in [-0.25, -0.2) is 0 Å². The van der Waals surface area contributed by atoms with E-state index < -0.39 is 0 Å². The molecule has 72 valence electrons. The van der Waals surface area contributed by atoms with Crippen LogP contribution in [0.4, 0.5) is 0 Å². The predicted molar refractivity (Wildman–Crippen MR) is 53.4 cm³/mol. The first-order chi connectivity index (χ1) is 6.15. The third-order valence-corrected chi connectivity index (χ3v) is 4.20. The number of carbonyl (C=O) groups excluding carboxylic acids is 1. The van der Waals surface area contributed by atoms with Crippen LogP contribution in [0.1, 0.15) is 39.5 Å². The van der Waals surface area contributed by atoms with Crippen molar-refractivity contribution >= 4 is 5.78 Å². The fourth-order valence-electron chi connectivity index (χ4n) is 2.94. The van der Waals surface area contributed by atoms with Gasteiger partial charge in [0.15, 0.2) is 0 Å². The number of carbonyl (C=O) groups is 1. The lowest BCUT2D eigenvalue weighted by atomic mass is 9.57. The Morgan fingerprint density at radius 3 is 3.00 bits per heavy atom. The zero-order valence-electron chi connectivity index (χ0n) is 8.55. The molecular weight excluding hydrogens is 160 g/mol. The molecule has 0 aromatic heterocycles. The Hall–Kier alpha value is -0.590. The van der Waals surface area contributed by atoms with Crippen LogP contribution in [-0.4, -0.2) is 5.78 Å². The van der Waals surface area contributed by atoms with E-state index in [4.69, 9.17) is 0 Å². The average molecular weight is 178 g/mol. The van der Waals surface area contributed by atoms with E-state index in [0.29, 0.717) is 17.6 Å². The molecule has 1 nitrogen and oxygen atoms in total. The van der Waals surface area contributed by atoms with Crippen molar-refractivity contribution in [2.75, 3.05) is 0 Å². The van der Waals surface area contributed by atoms with E-state index in [1.54, 1.807) is 0 Å². The van der Waals surface area contributed by atoms with E-state index in [9.17, 15) is 4.79 Å². The van der Waals surface area contributed by atoms with Crippen LogP contribution >= 0.6 is 0 Å². The molecule has 0 radical (unpaired) electrons. The van der Waals surface area contributed by atoms with Crippen LogP contribution in [0.3, 0.4) is 0 Å². The summed E-state index contributed by atoms with van der Waals surface area (Å²) in [6.07, 6.45) is 8.77. The van der Waals surface area contributed by atoms with E-state index >= 15 is 0 Å². The standard InChI is InChI=1S/C12H18O/c1-9-5-3-6-10-7-4-8-11(13)12(9,10)2/h3,5,9-10H,4,6-8H2,1-2H3/t9?,10-,12-/m1/s1. The van der Waals surface area contributed by atoms with Crippen molar-refractivity contribution in [3.63, 3.8) is 0 Å². The van der Waals surface area contributed by atoms with E-state index in [1.165, 1.54) is 6.42 Å². The highest BCUT2D eigenvalue weighted by atomic mass is 16.1. The molecular formula is C12H18O. The molecule has 0 N–H and O–H groups in total. The highest BCUT2D eigenvalue weighted by Crippen LogP contribution is 2.48. The maximum atomic E-state index is 11.9. The Labute approximate surface area is 80.2 Å². The quantitative estimate of drug-likeness (QED) is 0.521. The molecule has 1 heteroatoms. The van der Waals surface area contributed by atoms with Crippen molar-refractivity contribution in [2.45, 2.75) is 39.5 Å². The second-order valence-corrected chi connectivity index (χ2v) is 4.75. The van der Waals surface area contributed by atoms with Crippen molar-refractivity contribution in [1.29, 1.82) is 0 Å². The maximum absolute atomic E-state index is 11.9. The zero-order chi connectivity index (χ0) is 9.47. The molecule has 0 aliphatic heterocycles. The molecule has 3 atom stereocenters. The molecule has 2 rings (SSSR count). The summed E-state index contributed by atoms with van der Waals surface area (Å²) in [5.41, 5.74) is -0.0347. The van der Waals surface area contributed by atoms with E-state index in [0.717, 1.165) is 19.3 Å². The van der Waals surface area contributed by atoms with Crippen molar-refractivity contribution in [2.24, 2.45) is 17.3 Å². The lowest BCUT2D eigenvalue weighted by Gasteiger charge is -2.45. The number of hydrogen-bond donors (Lipinski definition) is 0. The fraction of sp³-hybridized carbons (Fsp3) is 0.750. The first kappa shape index (κ1) is 8.98. The third-order valence-electron chi connectivity index (χ3n) is 4.20. The molecule has 1 saturated carbocycles. The van der Waals surface area contributed by atoms with Crippen LogP contribution in [0, 0.1) is 17.3 Å². The van der Waals surface area contributed by atoms with Crippen molar-refractivity contribution in [1.82, 2.24) is 0 Å². The fourth-order valence-corrected chi connectivity index (χ4v) is 2.94. The zero-order valence-corrected chi connectivity index (χ0v) is 8.55. The van der Waals surface area contributed by atoms with Gasteiger partial charge in [-0.05, 0) is 31.1 Å². The summed E-state index contributed by atoms with van der Waals surface area (Å²) < 4.78 is 0. The minimum Gasteiger partial charge on any atom is -0.299 e. The second-order valence-electron chi connectivity index (χ2n) is 4.75. The van der Waals surface area contributed by atoms with Gasteiger partial charge in [0.25, 0.3) is 0 Å². The molecule has 0 saturated heterocycles. The largest absolute Gasteiger partial charge is 0.299 e. The Kier molecular flexibility index (Phi) is 2.05. The molecule has 1 unspecified atom stereocenters. The molecule has 0 aromatic carbocycles. The number of fused-ring (bicyclic) bond motifs is 1. The highest BCUT2D eigenvalue weighted by Gasteiger charge is 2.46. The minimum absolute atomic E-state index is 0.0347. The SMILES string of the molecule is CC1C=CC[C@@H]2CCCC(=O)[C@]12C. The van der Waals surface area contributed by atoms with Crippen molar-refractivity contribution in [3.05, 3.63) is 12.2 Å². The van der Waals surface area contributed by atoms with Gasteiger partial charge in [0.2, 0.25) is 0 Å². The van der Waals surface area contributed by atoms with Gasteiger partial charge in [-0.15, -0.1) is 0 Å². The number of allylic oxidation sites excluding steroid dienone is 2. The molecule has 0 aromatic rings. The van der Waals surface area contributed by atoms with Gasteiger partial charge in [-0.1, -0.05) is 26.0 Å². The lowest BCUT2D eigenvalue weighted by molar-refractivity contribution is -0.137. The Morgan fingerprint density at radius 2 is 2.31 bits per heavy atom. The van der Waals surface area contributed by atoms with Gasteiger partial charge in [0.05, 0.1) is 0 Å². The molecule has 2 aliphatic carbocycles. The Bertz CT molecular complexity index is 254. The molecule has 0 heterocycles. The predicted octanol–water partition coefficient (Wildman–Crippen LogP) is 2.96. The number of Topliss-reactive ketones (excluding diaryl/α,β-unsaturated/α-hetero) is 1. The third kappa shape index (κ3) is 1.17. The summed E-state index contributed by atoms with van der Waals surface area (Å²) in [6.45, 7) is 4.36. The summed E-state index contributed by atoms with van der Waals surface area (Å²) in [6, 6.07) is 0. The summed E-state index contributed by atoms with van der Waals surface area (Å²) >= 11 is 0. The van der Waals surface area contributed by atoms with Gasteiger partial charge in [-0.2, -0.15) is 0 Å². The van der Waals surface area contributed by atoms with Crippen LogP contribution in [0.5, 0.6) is 0 Å². The van der Waals surface area contributed by atoms with E-state index in [2.05, 4.69) is 26.0 Å². The average Bonchev–Trinajstić information content (AvgIpc) is 2.10. The number of rotatable bonds is 0. The van der Waals surface area contributed by atoms with Gasteiger partial charge in [-0.3, -0.25) is 4.79 Å². The lowest BCUT2D eigenvalue weighted by Crippen LogP contribution is -2.45. The number of hydrogen-bond acceptors (Lipinski definition) is 1. The van der Waals surface area contributed by atoms with Gasteiger partial charge < -0.3 is 0 Å². The highest BCUT2D eigenvalue weighted by molar-refractivity contribution is 5.86. The molecule has 1 fully saturated rings. The summed E-state index contributed by atoms with van der Waals surface area (Å²) in [5, 5.41) is 0. The van der Waals surface area contributed by atoms with Crippen LogP contribution in [-0.2, 0) is 4.79 Å². The molecule has 0 amide bonds. The second kappa shape index (κ2) is 2.97. The topological polar surface area (TPSA) is 17.1 Å². The molecule has 0 bridgehead atoms. The summed E-state index contributed by atoms with van der Waals surface area (Å²) in [4.78, 5) is 11.9. The van der Waals surface area contributed by atoms with Gasteiger partial charge in [0, 0.05) is 11.8 Å². The van der Waals surface area contributed by atoms with Crippen molar-refractivity contribution in [3.8, 4) is 0 Å².